The maximum atomic E-state index is 12.2. The number of rotatable bonds is 5. The minimum atomic E-state index is 0.262. The van der Waals surface area contributed by atoms with Crippen LogP contribution in [-0.2, 0) is 9.53 Å². The maximum absolute atomic E-state index is 12.2. The summed E-state index contributed by atoms with van der Waals surface area (Å²) in [6.07, 6.45) is 3.65. The average Bonchev–Trinajstić information content (AvgIpc) is 2.59. The third-order valence-corrected chi connectivity index (χ3v) is 4.09. The minimum absolute atomic E-state index is 0.262. The summed E-state index contributed by atoms with van der Waals surface area (Å²) in [5, 5.41) is 3.45. The second-order valence-corrected chi connectivity index (χ2v) is 5.67. The first-order valence-electron chi connectivity index (χ1n) is 7.49. The Bertz CT molecular complexity index is 280. The second-order valence-electron chi connectivity index (χ2n) is 5.67. The quantitative estimate of drug-likeness (QED) is 0.772. The van der Waals surface area contributed by atoms with Crippen LogP contribution in [0.3, 0.4) is 0 Å². The molecule has 2 aliphatic heterocycles. The number of amides is 1. The van der Waals surface area contributed by atoms with Crippen molar-refractivity contribution >= 4 is 5.91 Å². The Balaban J connectivity index is 1.78. The second kappa shape index (κ2) is 7.82. The zero-order valence-corrected chi connectivity index (χ0v) is 12.1. The van der Waals surface area contributed by atoms with Crippen LogP contribution in [0.15, 0.2) is 0 Å². The molecular formula is C14H27N3O2. The van der Waals surface area contributed by atoms with E-state index in [9.17, 15) is 4.79 Å². The van der Waals surface area contributed by atoms with E-state index < -0.39 is 0 Å². The molecule has 0 saturated carbocycles. The number of nitrogens with one attached hydrogen (secondary N) is 1. The van der Waals surface area contributed by atoms with Crippen molar-refractivity contribution < 1.29 is 9.53 Å². The number of hydrogen-bond donors (Lipinski definition) is 1. The van der Waals surface area contributed by atoms with E-state index in [4.69, 9.17) is 4.74 Å². The van der Waals surface area contributed by atoms with Crippen molar-refractivity contribution in [3.63, 3.8) is 0 Å². The number of methoxy groups -OCH3 is 1. The molecule has 5 nitrogen and oxygen atoms in total. The van der Waals surface area contributed by atoms with Crippen molar-refractivity contribution in [3.8, 4) is 0 Å². The number of carbonyl (C=O) groups excluding carboxylic acids is 1. The normalized spacial score (nSPS) is 26.5. The Kier molecular flexibility index (Phi) is 6.07. The summed E-state index contributed by atoms with van der Waals surface area (Å²) in [5.74, 6) is 0.977. The van der Waals surface area contributed by atoms with E-state index in [0.29, 0.717) is 19.1 Å². The van der Waals surface area contributed by atoms with Gasteiger partial charge in [-0.05, 0) is 38.3 Å². The van der Waals surface area contributed by atoms with Gasteiger partial charge in [-0.15, -0.1) is 0 Å². The van der Waals surface area contributed by atoms with Gasteiger partial charge in [0.05, 0.1) is 13.2 Å². The fourth-order valence-corrected chi connectivity index (χ4v) is 3.02. The fraction of sp³-hybridized carbons (Fsp3) is 0.929. The predicted octanol–water partition coefficient (Wildman–Crippen LogP) is 0.167. The van der Waals surface area contributed by atoms with Crippen LogP contribution in [0.1, 0.15) is 19.3 Å². The Morgan fingerprint density at radius 2 is 2.26 bits per heavy atom. The predicted molar refractivity (Wildman–Crippen MR) is 75.1 cm³/mol. The Hall–Kier alpha value is -0.650. The fourth-order valence-electron chi connectivity index (χ4n) is 3.02. The summed E-state index contributed by atoms with van der Waals surface area (Å²) in [6.45, 7) is 7.20. The molecule has 1 atom stereocenters. The lowest BCUT2D eigenvalue weighted by Gasteiger charge is -2.28. The highest BCUT2D eigenvalue weighted by Gasteiger charge is 2.24. The maximum Gasteiger partial charge on any atom is 0.236 e. The van der Waals surface area contributed by atoms with Crippen LogP contribution in [0, 0.1) is 5.92 Å². The van der Waals surface area contributed by atoms with Crippen molar-refractivity contribution in [1.29, 1.82) is 0 Å². The number of hydrogen-bond acceptors (Lipinski definition) is 4. The topological polar surface area (TPSA) is 44.8 Å². The molecule has 0 aromatic carbocycles. The highest BCUT2D eigenvalue weighted by atomic mass is 16.5. The monoisotopic (exact) mass is 269 g/mol. The van der Waals surface area contributed by atoms with Crippen molar-refractivity contribution in [2.75, 3.05) is 59.5 Å². The zero-order chi connectivity index (χ0) is 13.5. The van der Waals surface area contributed by atoms with Crippen molar-refractivity contribution in [3.05, 3.63) is 0 Å². The van der Waals surface area contributed by atoms with Crippen LogP contribution in [-0.4, -0.2) is 75.2 Å². The highest BCUT2D eigenvalue weighted by molar-refractivity contribution is 5.78. The zero-order valence-electron chi connectivity index (χ0n) is 12.1. The molecule has 19 heavy (non-hydrogen) atoms. The van der Waals surface area contributed by atoms with E-state index in [1.165, 1.54) is 12.8 Å². The lowest BCUT2D eigenvalue weighted by molar-refractivity contribution is -0.131. The molecule has 1 N–H and O–H groups in total. The molecule has 110 valence electrons. The van der Waals surface area contributed by atoms with Gasteiger partial charge < -0.3 is 15.0 Å². The number of piperidine rings is 1. The summed E-state index contributed by atoms with van der Waals surface area (Å²) in [6, 6.07) is 0. The first-order chi connectivity index (χ1) is 9.29. The van der Waals surface area contributed by atoms with E-state index in [1.807, 2.05) is 4.90 Å². The SMILES string of the molecule is COCCN1CCCN(CC2CCCNC2)CC1=O. The van der Waals surface area contributed by atoms with Crippen LogP contribution in [0.5, 0.6) is 0 Å². The van der Waals surface area contributed by atoms with Gasteiger partial charge >= 0.3 is 0 Å². The van der Waals surface area contributed by atoms with E-state index in [-0.39, 0.29) is 5.91 Å². The van der Waals surface area contributed by atoms with Crippen molar-refractivity contribution in [2.45, 2.75) is 19.3 Å². The lowest BCUT2D eigenvalue weighted by Crippen LogP contribution is -2.42. The van der Waals surface area contributed by atoms with Gasteiger partial charge in [-0.2, -0.15) is 0 Å². The molecule has 2 heterocycles. The molecule has 5 heteroatoms. The van der Waals surface area contributed by atoms with Gasteiger partial charge in [0, 0.05) is 33.3 Å². The Morgan fingerprint density at radius 1 is 1.37 bits per heavy atom. The summed E-state index contributed by atoms with van der Waals surface area (Å²) < 4.78 is 5.07. The van der Waals surface area contributed by atoms with Crippen LogP contribution in [0.4, 0.5) is 0 Å². The molecule has 1 unspecified atom stereocenters. The van der Waals surface area contributed by atoms with Crippen LogP contribution >= 0.6 is 0 Å². The smallest absolute Gasteiger partial charge is 0.236 e. The highest BCUT2D eigenvalue weighted by Crippen LogP contribution is 2.13. The summed E-state index contributed by atoms with van der Waals surface area (Å²) >= 11 is 0. The summed E-state index contributed by atoms with van der Waals surface area (Å²) in [4.78, 5) is 16.5. The van der Waals surface area contributed by atoms with E-state index in [2.05, 4.69) is 10.2 Å². The standard InChI is InChI=1S/C14H27N3O2/c1-19-9-8-17-7-3-6-16(12-14(17)18)11-13-4-2-5-15-10-13/h13,15H,2-12H2,1H3. The molecule has 2 saturated heterocycles. The van der Waals surface area contributed by atoms with Crippen LogP contribution in [0.25, 0.3) is 0 Å². The van der Waals surface area contributed by atoms with Crippen molar-refractivity contribution in [1.82, 2.24) is 15.1 Å². The van der Waals surface area contributed by atoms with E-state index in [1.54, 1.807) is 7.11 Å². The largest absolute Gasteiger partial charge is 0.383 e. The first-order valence-corrected chi connectivity index (χ1v) is 7.49. The van der Waals surface area contributed by atoms with Gasteiger partial charge in [-0.25, -0.2) is 0 Å². The van der Waals surface area contributed by atoms with Gasteiger partial charge in [0.2, 0.25) is 5.91 Å². The molecule has 0 aromatic heterocycles. The van der Waals surface area contributed by atoms with Crippen LogP contribution in [0.2, 0.25) is 0 Å². The van der Waals surface area contributed by atoms with Gasteiger partial charge in [0.25, 0.3) is 0 Å². The Morgan fingerprint density at radius 3 is 3.00 bits per heavy atom. The minimum Gasteiger partial charge on any atom is -0.383 e. The van der Waals surface area contributed by atoms with Gasteiger partial charge in [-0.1, -0.05) is 0 Å². The van der Waals surface area contributed by atoms with Crippen molar-refractivity contribution in [2.24, 2.45) is 5.92 Å². The molecule has 2 fully saturated rings. The number of nitrogens with zero attached hydrogens (tertiary/aromatic N) is 2. The molecule has 2 aliphatic rings. The third-order valence-electron chi connectivity index (χ3n) is 4.09. The van der Waals surface area contributed by atoms with Gasteiger partial charge in [0.1, 0.15) is 0 Å². The first kappa shape index (κ1) is 14.8. The third kappa shape index (κ3) is 4.75. The molecule has 0 radical (unpaired) electrons. The van der Waals surface area contributed by atoms with Gasteiger partial charge in [-0.3, -0.25) is 9.69 Å². The van der Waals surface area contributed by atoms with E-state index >= 15 is 0 Å². The molecule has 0 aliphatic carbocycles. The lowest BCUT2D eigenvalue weighted by atomic mass is 9.99. The number of carbonyl (C=O) groups is 1. The molecular weight excluding hydrogens is 242 g/mol. The molecule has 2 rings (SSSR count). The Labute approximate surface area is 116 Å². The average molecular weight is 269 g/mol. The molecule has 1 amide bonds. The summed E-state index contributed by atoms with van der Waals surface area (Å²) in [5.41, 5.74) is 0. The van der Waals surface area contributed by atoms with Gasteiger partial charge in [0.15, 0.2) is 0 Å². The molecule has 0 spiro atoms. The molecule has 0 aromatic rings. The number of ether oxygens (including phenoxy) is 1. The molecule has 0 bridgehead atoms. The summed E-state index contributed by atoms with van der Waals surface area (Å²) in [7, 11) is 1.69. The van der Waals surface area contributed by atoms with E-state index in [0.717, 1.165) is 45.7 Å². The van der Waals surface area contributed by atoms with Crippen LogP contribution < -0.4 is 5.32 Å².